The van der Waals surface area contributed by atoms with Gasteiger partial charge in [-0.15, -0.1) is 0 Å². The van der Waals surface area contributed by atoms with Crippen molar-refractivity contribution in [3.05, 3.63) is 11.6 Å². The van der Waals surface area contributed by atoms with Gasteiger partial charge < -0.3 is 35.0 Å². The minimum absolute atomic E-state index is 0.163. The molecule has 0 aromatic heterocycles. The molecule has 0 radical (unpaired) electrons. The van der Waals surface area contributed by atoms with Crippen molar-refractivity contribution < 1.29 is 39.8 Å². The summed E-state index contributed by atoms with van der Waals surface area (Å²) < 4.78 is 10.8. The lowest BCUT2D eigenvalue weighted by Gasteiger charge is -2.32. The molecule has 8 heteroatoms. The van der Waals surface area contributed by atoms with Crippen LogP contribution in [0.5, 0.6) is 0 Å². The van der Waals surface area contributed by atoms with Gasteiger partial charge in [0.2, 0.25) is 0 Å². The van der Waals surface area contributed by atoms with E-state index in [1.54, 1.807) is 0 Å². The van der Waals surface area contributed by atoms with E-state index in [4.69, 9.17) is 9.47 Å². The molecule has 0 rings (SSSR count). The molecular formula is C32H62O8. The predicted molar refractivity (Wildman–Crippen MR) is 160 cm³/mol. The van der Waals surface area contributed by atoms with Crippen molar-refractivity contribution in [1.82, 2.24) is 0 Å². The summed E-state index contributed by atoms with van der Waals surface area (Å²) >= 11 is 0. The Hall–Kier alpha value is -1.03. The first kappa shape index (κ1) is 39.0. The Bertz CT molecular complexity index is 647. The van der Waals surface area contributed by atoms with E-state index in [0.29, 0.717) is 6.42 Å². The molecule has 0 saturated carbocycles. The van der Waals surface area contributed by atoms with E-state index in [9.17, 15) is 30.3 Å². The second kappa shape index (κ2) is 22.6. The minimum atomic E-state index is -1.22. The topological polar surface area (TPSA) is 137 Å². The zero-order valence-corrected chi connectivity index (χ0v) is 26.2. The standard InChI is InChI=1S/C32H62O8/c1-26(2)10-6-11-27(3)12-7-13-28(4)14-8-15-29(5)16-9-17-30(38)40-25-32(21-36,22-37)24-39-23-31(18-33,19-34)20-35/h16,26-28,33-37H,6-15,17-25H2,1-5H3. The number of carbonyl (C=O) groups excluding carboxylic acids is 1. The number of rotatable bonds is 26. The summed E-state index contributed by atoms with van der Waals surface area (Å²) in [6.07, 6.45) is 14.2. The third-order valence-corrected chi connectivity index (χ3v) is 8.01. The summed E-state index contributed by atoms with van der Waals surface area (Å²) in [5.74, 6) is 1.95. The van der Waals surface area contributed by atoms with Gasteiger partial charge in [-0.25, -0.2) is 0 Å². The number of esters is 1. The van der Waals surface area contributed by atoms with Crippen molar-refractivity contribution in [2.75, 3.05) is 52.9 Å². The highest BCUT2D eigenvalue weighted by atomic mass is 16.5. The molecule has 0 saturated heterocycles. The first-order valence-electron chi connectivity index (χ1n) is 15.4. The van der Waals surface area contributed by atoms with Crippen molar-refractivity contribution in [2.24, 2.45) is 28.6 Å². The second-order valence-electron chi connectivity index (χ2n) is 12.9. The smallest absolute Gasteiger partial charge is 0.306 e. The highest BCUT2D eigenvalue weighted by Gasteiger charge is 2.34. The monoisotopic (exact) mass is 574 g/mol. The molecule has 0 aliphatic heterocycles. The SMILES string of the molecule is CC(=CCCC(=O)OCC(CO)(CO)COCC(CO)(CO)CO)CCCC(C)CCCC(C)CCCC(C)C. The Morgan fingerprint density at radius 1 is 0.675 bits per heavy atom. The van der Waals surface area contributed by atoms with Crippen LogP contribution in [0.1, 0.15) is 105 Å². The number of aliphatic hydroxyl groups is 5. The van der Waals surface area contributed by atoms with Crippen molar-refractivity contribution in [3.63, 3.8) is 0 Å². The van der Waals surface area contributed by atoms with E-state index in [-0.39, 0.29) is 26.2 Å². The third-order valence-electron chi connectivity index (χ3n) is 8.01. The quantitative estimate of drug-likeness (QED) is 0.0744. The zero-order valence-electron chi connectivity index (χ0n) is 26.2. The van der Waals surface area contributed by atoms with Crippen LogP contribution in [0, 0.1) is 28.6 Å². The third kappa shape index (κ3) is 17.7. The molecule has 0 amide bonds. The highest BCUT2D eigenvalue weighted by Crippen LogP contribution is 2.23. The Balaban J connectivity index is 4.24. The molecule has 238 valence electrons. The van der Waals surface area contributed by atoms with Gasteiger partial charge in [-0.2, -0.15) is 0 Å². The molecular weight excluding hydrogens is 512 g/mol. The van der Waals surface area contributed by atoms with E-state index in [1.165, 1.54) is 50.5 Å². The van der Waals surface area contributed by atoms with Gasteiger partial charge in [-0.05, 0) is 43.9 Å². The fourth-order valence-corrected chi connectivity index (χ4v) is 4.60. The molecule has 40 heavy (non-hydrogen) atoms. The van der Waals surface area contributed by atoms with Gasteiger partial charge in [0, 0.05) is 6.42 Å². The van der Waals surface area contributed by atoms with Gasteiger partial charge >= 0.3 is 5.97 Å². The Morgan fingerprint density at radius 2 is 1.15 bits per heavy atom. The molecule has 2 unspecified atom stereocenters. The molecule has 5 N–H and O–H groups in total. The largest absolute Gasteiger partial charge is 0.465 e. The van der Waals surface area contributed by atoms with E-state index in [2.05, 4.69) is 40.7 Å². The fourth-order valence-electron chi connectivity index (χ4n) is 4.60. The summed E-state index contributed by atoms with van der Waals surface area (Å²) in [6, 6.07) is 0. The molecule has 0 aliphatic rings. The second-order valence-corrected chi connectivity index (χ2v) is 12.9. The lowest BCUT2D eigenvalue weighted by molar-refractivity contribution is -0.154. The number of hydrogen-bond donors (Lipinski definition) is 5. The van der Waals surface area contributed by atoms with Gasteiger partial charge in [0.1, 0.15) is 6.61 Å². The number of aliphatic hydroxyl groups excluding tert-OH is 5. The lowest BCUT2D eigenvalue weighted by atomic mass is 9.90. The van der Waals surface area contributed by atoms with Gasteiger partial charge in [0.05, 0.1) is 57.1 Å². The van der Waals surface area contributed by atoms with Crippen LogP contribution in [0.25, 0.3) is 0 Å². The van der Waals surface area contributed by atoms with Crippen LogP contribution in [0.15, 0.2) is 11.6 Å². The molecule has 0 aliphatic carbocycles. The first-order chi connectivity index (χ1) is 19.0. The maximum Gasteiger partial charge on any atom is 0.306 e. The average molecular weight is 575 g/mol. The molecule has 8 nitrogen and oxygen atoms in total. The molecule has 0 aromatic carbocycles. The summed E-state index contributed by atoms with van der Waals surface area (Å²) in [7, 11) is 0. The first-order valence-corrected chi connectivity index (χ1v) is 15.4. The number of hydrogen-bond acceptors (Lipinski definition) is 8. The highest BCUT2D eigenvalue weighted by molar-refractivity contribution is 5.69. The maximum atomic E-state index is 12.3. The Labute approximate surface area is 244 Å². The molecule has 0 spiro atoms. The van der Waals surface area contributed by atoms with Crippen molar-refractivity contribution in [2.45, 2.75) is 105 Å². The van der Waals surface area contributed by atoms with Crippen LogP contribution in [0.3, 0.4) is 0 Å². The number of allylic oxidation sites excluding steroid dienone is 2. The normalized spacial score (nSPS) is 14.5. The molecule has 0 heterocycles. The van der Waals surface area contributed by atoms with Crippen LogP contribution in [0.4, 0.5) is 0 Å². The maximum absolute atomic E-state index is 12.3. The fraction of sp³-hybridized carbons (Fsp3) is 0.906. The van der Waals surface area contributed by atoms with Gasteiger partial charge in [0.25, 0.3) is 0 Å². The predicted octanol–water partition coefficient (Wildman–Crippen LogP) is 4.65. The van der Waals surface area contributed by atoms with Gasteiger partial charge in [0.15, 0.2) is 0 Å². The molecule has 0 bridgehead atoms. The van der Waals surface area contributed by atoms with E-state index in [0.717, 1.165) is 30.6 Å². The molecule has 0 fully saturated rings. The Kier molecular flexibility index (Phi) is 22.0. The van der Waals surface area contributed by atoms with Crippen LogP contribution in [-0.2, 0) is 14.3 Å². The van der Waals surface area contributed by atoms with E-state index < -0.39 is 49.8 Å². The number of ether oxygens (including phenoxy) is 2. The van der Waals surface area contributed by atoms with Crippen LogP contribution in [-0.4, -0.2) is 84.4 Å². The summed E-state index contributed by atoms with van der Waals surface area (Å²) in [4.78, 5) is 12.3. The van der Waals surface area contributed by atoms with Crippen LogP contribution < -0.4 is 0 Å². The van der Waals surface area contributed by atoms with Crippen LogP contribution >= 0.6 is 0 Å². The zero-order chi connectivity index (χ0) is 30.4. The lowest BCUT2D eigenvalue weighted by Crippen LogP contribution is -2.44. The summed E-state index contributed by atoms with van der Waals surface area (Å²) in [5, 5.41) is 47.8. The van der Waals surface area contributed by atoms with Crippen molar-refractivity contribution in [1.29, 1.82) is 0 Å². The van der Waals surface area contributed by atoms with E-state index in [1.807, 2.05) is 0 Å². The Morgan fingerprint density at radius 3 is 1.65 bits per heavy atom. The molecule has 0 aromatic rings. The van der Waals surface area contributed by atoms with Crippen LogP contribution in [0.2, 0.25) is 0 Å². The van der Waals surface area contributed by atoms with Crippen molar-refractivity contribution in [3.8, 4) is 0 Å². The summed E-state index contributed by atoms with van der Waals surface area (Å²) in [5.41, 5.74) is -1.16. The molecule has 2 atom stereocenters. The minimum Gasteiger partial charge on any atom is -0.465 e. The van der Waals surface area contributed by atoms with E-state index >= 15 is 0 Å². The number of carbonyl (C=O) groups is 1. The average Bonchev–Trinajstić information content (AvgIpc) is 2.93. The van der Waals surface area contributed by atoms with Crippen molar-refractivity contribution >= 4 is 5.97 Å². The van der Waals surface area contributed by atoms with Gasteiger partial charge in [-0.3, -0.25) is 4.79 Å². The summed E-state index contributed by atoms with van der Waals surface area (Å²) in [6.45, 7) is 8.48. The van der Waals surface area contributed by atoms with Gasteiger partial charge in [-0.1, -0.05) is 84.3 Å².